The first-order chi connectivity index (χ1) is 7.56. The molecule has 4 heteroatoms. The molecule has 1 atom stereocenters. The molecule has 0 heterocycles. The van der Waals surface area contributed by atoms with Gasteiger partial charge in [-0.2, -0.15) is 0 Å². The number of ether oxygens (including phenoxy) is 1. The third-order valence-electron chi connectivity index (χ3n) is 2.78. The van der Waals surface area contributed by atoms with Gasteiger partial charge in [0.1, 0.15) is 6.04 Å². The Labute approximate surface area is 99.3 Å². The lowest BCUT2D eigenvalue weighted by Gasteiger charge is -2.26. The van der Waals surface area contributed by atoms with Crippen molar-refractivity contribution < 1.29 is 9.53 Å². The van der Waals surface area contributed by atoms with Crippen molar-refractivity contribution in [2.24, 2.45) is 0 Å². The van der Waals surface area contributed by atoms with Crippen LogP contribution in [0.2, 0.25) is 0 Å². The van der Waals surface area contributed by atoms with Crippen LogP contribution in [0.1, 0.15) is 34.1 Å². The first kappa shape index (κ1) is 15.4. The van der Waals surface area contributed by atoms with E-state index in [0.29, 0.717) is 6.04 Å². The van der Waals surface area contributed by atoms with Gasteiger partial charge in [0.05, 0.1) is 7.11 Å². The maximum atomic E-state index is 11.5. The molecule has 0 aliphatic rings. The van der Waals surface area contributed by atoms with Gasteiger partial charge >= 0.3 is 5.97 Å². The van der Waals surface area contributed by atoms with Gasteiger partial charge in [0.2, 0.25) is 0 Å². The zero-order valence-electron chi connectivity index (χ0n) is 11.2. The first-order valence-electron chi connectivity index (χ1n) is 6.12. The molecule has 0 aromatic carbocycles. The van der Waals surface area contributed by atoms with Crippen LogP contribution in [-0.2, 0) is 9.53 Å². The number of rotatable bonds is 8. The summed E-state index contributed by atoms with van der Waals surface area (Å²) >= 11 is 0. The third-order valence-corrected chi connectivity index (χ3v) is 2.78. The topological polar surface area (TPSA) is 41.6 Å². The van der Waals surface area contributed by atoms with Crippen LogP contribution in [-0.4, -0.2) is 49.7 Å². The summed E-state index contributed by atoms with van der Waals surface area (Å²) in [4.78, 5) is 13.8. The van der Waals surface area contributed by atoms with Crippen LogP contribution < -0.4 is 5.32 Å². The minimum absolute atomic E-state index is 0.165. The Bertz CT molecular complexity index is 195. The van der Waals surface area contributed by atoms with Crippen molar-refractivity contribution in [3.8, 4) is 0 Å². The maximum Gasteiger partial charge on any atom is 0.322 e. The average molecular weight is 230 g/mol. The first-order valence-corrected chi connectivity index (χ1v) is 6.12. The Balaban J connectivity index is 4.14. The SMILES string of the molecule is CCNC(CCN(CC)C(C)C)C(=O)OC. The predicted octanol–water partition coefficient (Wildman–Crippen LogP) is 1.26. The van der Waals surface area contributed by atoms with E-state index in [-0.39, 0.29) is 12.0 Å². The maximum absolute atomic E-state index is 11.5. The Morgan fingerprint density at radius 2 is 2.00 bits per heavy atom. The van der Waals surface area contributed by atoms with Crippen molar-refractivity contribution in [2.45, 2.75) is 46.2 Å². The molecule has 16 heavy (non-hydrogen) atoms. The molecule has 0 aliphatic carbocycles. The quantitative estimate of drug-likeness (QED) is 0.637. The van der Waals surface area contributed by atoms with Crippen molar-refractivity contribution in [2.75, 3.05) is 26.7 Å². The van der Waals surface area contributed by atoms with E-state index in [2.05, 4.69) is 31.0 Å². The summed E-state index contributed by atoms with van der Waals surface area (Å²) in [5.74, 6) is -0.165. The minimum Gasteiger partial charge on any atom is -0.468 e. The van der Waals surface area contributed by atoms with Crippen LogP contribution in [0, 0.1) is 0 Å². The van der Waals surface area contributed by atoms with E-state index in [9.17, 15) is 4.79 Å². The molecular formula is C12H26N2O2. The van der Waals surface area contributed by atoms with Crippen LogP contribution in [0.25, 0.3) is 0 Å². The summed E-state index contributed by atoms with van der Waals surface area (Å²) < 4.78 is 4.77. The van der Waals surface area contributed by atoms with E-state index in [4.69, 9.17) is 4.74 Å². The molecule has 0 saturated carbocycles. The Morgan fingerprint density at radius 1 is 1.38 bits per heavy atom. The molecule has 0 saturated heterocycles. The molecule has 4 nitrogen and oxygen atoms in total. The molecule has 0 spiro atoms. The van der Waals surface area contributed by atoms with E-state index in [1.807, 2.05) is 6.92 Å². The molecule has 1 N–H and O–H groups in total. The van der Waals surface area contributed by atoms with Gasteiger partial charge in [0.25, 0.3) is 0 Å². The van der Waals surface area contributed by atoms with E-state index >= 15 is 0 Å². The van der Waals surface area contributed by atoms with Gasteiger partial charge in [-0.05, 0) is 33.4 Å². The zero-order valence-corrected chi connectivity index (χ0v) is 11.2. The summed E-state index contributed by atoms with van der Waals surface area (Å²) in [7, 11) is 1.44. The molecule has 0 fully saturated rings. The fourth-order valence-corrected chi connectivity index (χ4v) is 1.77. The molecule has 0 aliphatic heterocycles. The highest BCUT2D eigenvalue weighted by Crippen LogP contribution is 2.03. The average Bonchev–Trinajstić information content (AvgIpc) is 2.27. The summed E-state index contributed by atoms with van der Waals surface area (Å²) in [6.07, 6.45) is 0.798. The third kappa shape index (κ3) is 5.47. The second kappa shape index (κ2) is 8.53. The standard InChI is InChI=1S/C12H26N2O2/c1-6-13-11(12(15)16-5)8-9-14(7-2)10(3)4/h10-11,13H,6-9H2,1-5H3. The molecule has 96 valence electrons. The second-order valence-corrected chi connectivity index (χ2v) is 4.14. The molecular weight excluding hydrogens is 204 g/mol. The van der Waals surface area contributed by atoms with Crippen molar-refractivity contribution >= 4 is 5.97 Å². The largest absolute Gasteiger partial charge is 0.468 e. The number of methoxy groups -OCH3 is 1. The van der Waals surface area contributed by atoms with Gasteiger partial charge in [-0.1, -0.05) is 13.8 Å². The number of esters is 1. The van der Waals surface area contributed by atoms with Gasteiger partial charge in [-0.25, -0.2) is 0 Å². The van der Waals surface area contributed by atoms with E-state index in [1.54, 1.807) is 0 Å². The smallest absolute Gasteiger partial charge is 0.322 e. The lowest BCUT2D eigenvalue weighted by Crippen LogP contribution is -2.41. The molecule has 0 bridgehead atoms. The number of nitrogens with zero attached hydrogens (tertiary/aromatic N) is 1. The summed E-state index contributed by atoms with van der Waals surface area (Å²) in [6, 6.07) is 0.340. The fourth-order valence-electron chi connectivity index (χ4n) is 1.77. The summed E-state index contributed by atoms with van der Waals surface area (Å²) in [5, 5.41) is 3.15. The Kier molecular flexibility index (Phi) is 8.21. The summed E-state index contributed by atoms with van der Waals surface area (Å²) in [5.41, 5.74) is 0. The predicted molar refractivity (Wildman–Crippen MR) is 66.5 cm³/mol. The van der Waals surface area contributed by atoms with E-state index < -0.39 is 0 Å². The molecule has 0 aromatic rings. The van der Waals surface area contributed by atoms with Crippen LogP contribution >= 0.6 is 0 Å². The monoisotopic (exact) mass is 230 g/mol. The lowest BCUT2D eigenvalue weighted by molar-refractivity contribution is -0.143. The number of carbonyl (C=O) groups excluding carboxylic acids is 1. The highest BCUT2D eigenvalue weighted by Gasteiger charge is 2.19. The Hall–Kier alpha value is -0.610. The van der Waals surface area contributed by atoms with Crippen molar-refractivity contribution in [3.63, 3.8) is 0 Å². The van der Waals surface area contributed by atoms with Gasteiger partial charge in [-0.15, -0.1) is 0 Å². The van der Waals surface area contributed by atoms with Gasteiger partial charge in [0, 0.05) is 12.6 Å². The lowest BCUT2D eigenvalue weighted by atomic mass is 10.2. The fraction of sp³-hybridized carbons (Fsp3) is 0.917. The minimum atomic E-state index is -0.178. The van der Waals surface area contributed by atoms with Gasteiger partial charge in [-0.3, -0.25) is 4.79 Å². The van der Waals surface area contributed by atoms with Crippen molar-refractivity contribution in [3.05, 3.63) is 0 Å². The highest BCUT2D eigenvalue weighted by atomic mass is 16.5. The number of nitrogens with one attached hydrogen (secondary N) is 1. The van der Waals surface area contributed by atoms with E-state index in [0.717, 1.165) is 26.1 Å². The number of hydrogen-bond donors (Lipinski definition) is 1. The van der Waals surface area contributed by atoms with Crippen LogP contribution in [0.5, 0.6) is 0 Å². The van der Waals surface area contributed by atoms with Gasteiger partial charge in [0.15, 0.2) is 0 Å². The molecule has 0 amide bonds. The van der Waals surface area contributed by atoms with Crippen LogP contribution in [0.4, 0.5) is 0 Å². The summed E-state index contributed by atoms with van der Waals surface area (Å²) in [6.45, 7) is 11.2. The van der Waals surface area contributed by atoms with Crippen molar-refractivity contribution in [1.82, 2.24) is 10.2 Å². The number of carbonyl (C=O) groups is 1. The second-order valence-electron chi connectivity index (χ2n) is 4.14. The number of hydrogen-bond acceptors (Lipinski definition) is 4. The highest BCUT2D eigenvalue weighted by molar-refractivity contribution is 5.75. The Morgan fingerprint density at radius 3 is 2.38 bits per heavy atom. The zero-order chi connectivity index (χ0) is 12.6. The van der Waals surface area contributed by atoms with E-state index in [1.165, 1.54) is 7.11 Å². The van der Waals surface area contributed by atoms with Crippen LogP contribution in [0.15, 0.2) is 0 Å². The molecule has 0 aromatic heterocycles. The van der Waals surface area contributed by atoms with Crippen molar-refractivity contribution in [1.29, 1.82) is 0 Å². The number of likely N-dealkylation sites (N-methyl/N-ethyl adjacent to an activating group) is 1. The normalized spacial score (nSPS) is 13.2. The van der Waals surface area contributed by atoms with Crippen LogP contribution in [0.3, 0.4) is 0 Å². The molecule has 1 unspecified atom stereocenters. The van der Waals surface area contributed by atoms with Gasteiger partial charge < -0.3 is 15.0 Å². The molecule has 0 rings (SSSR count). The molecule has 0 radical (unpaired) electrons.